The number of urea groups is 1. The zero-order chi connectivity index (χ0) is 13.1. The Labute approximate surface area is 103 Å². The van der Waals surface area contributed by atoms with Crippen LogP contribution in [0.3, 0.4) is 0 Å². The molecule has 17 heavy (non-hydrogen) atoms. The molecule has 1 atom stereocenters. The minimum Gasteiger partial charge on any atom is -0.370 e. The van der Waals surface area contributed by atoms with Crippen molar-refractivity contribution in [3.05, 3.63) is 0 Å². The van der Waals surface area contributed by atoms with Crippen molar-refractivity contribution in [2.45, 2.75) is 45.6 Å². The monoisotopic (exact) mass is 241 g/mol. The van der Waals surface area contributed by atoms with Gasteiger partial charge in [0.1, 0.15) is 0 Å². The predicted molar refractivity (Wildman–Crippen MR) is 66.4 cm³/mol. The molecule has 0 aromatic heterocycles. The lowest BCUT2D eigenvalue weighted by molar-refractivity contribution is -0.119. The number of amides is 3. The Hall–Kier alpha value is -1.26. The summed E-state index contributed by atoms with van der Waals surface area (Å²) in [5.41, 5.74) is 4.57. The lowest BCUT2D eigenvalue weighted by Crippen LogP contribution is -2.53. The second kappa shape index (κ2) is 5.38. The van der Waals surface area contributed by atoms with E-state index in [1.165, 1.54) is 6.42 Å². The number of nitrogens with one attached hydrogen (secondary N) is 1. The second-order valence-corrected chi connectivity index (χ2v) is 5.65. The van der Waals surface area contributed by atoms with E-state index in [0.29, 0.717) is 5.92 Å². The van der Waals surface area contributed by atoms with E-state index in [2.05, 4.69) is 12.2 Å². The van der Waals surface area contributed by atoms with Crippen LogP contribution in [-0.2, 0) is 4.79 Å². The van der Waals surface area contributed by atoms with Gasteiger partial charge in [-0.05, 0) is 32.6 Å². The maximum atomic E-state index is 12.0. The van der Waals surface area contributed by atoms with Crippen LogP contribution in [0, 0.1) is 5.92 Å². The minimum atomic E-state index is -0.580. The summed E-state index contributed by atoms with van der Waals surface area (Å²) >= 11 is 0. The molecule has 1 aliphatic heterocycles. The van der Waals surface area contributed by atoms with Gasteiger partial charge >= 0.3 is 6.03 Å². The SMILES string of the molecule is CC1CCCN(C(=O)NC(C)(C)CC(N)=O)C1. The number of carbonyl (C=O) groups is 2. The van der Waals surface area contributed by atoms with Gasteiger partial charge in [-0.1, -0.05) is 6.92 Å². The van der Waals surface area contributed by atoms with Gasteiger partial charge < -0.3 is 16.0 Å². The molecule has 5 nitrogen and oxygen atoms in total. The molecule has 3 N–H and O–H groups in total. The van der Waals surface area contributed by atoms with Crippen molar-refractivity contribution in [3.8, 4) is 0 Å². The highest BCUT2D eigenvalue weighted by molar-refractivity contribution is 5.78. The molecule has 98 valence electrons. The van der Waals surface area contributed by atoms with Crippen molar-refractivity contribution in [2.75, 3.05) is 13.1 Å². The van der Waals surface area contributed by atoms with Crippen molar-refractivity contribution in [1.29, 1.82) is 0 Å². The van der Waals surface area contributed by atoms with Gasteiger partial charge in [-0.15, -0.1) is 0 Å². The third-order valence-corrected chi connectivity index (χ3v) is 3.01. The van der Waals surface area contributed by atoms with Crippen LogP contribution in [-0.4, -0.2) is 35.5 Å². The fourth-order valence-corrected chi connectivity index (χ4v) is 2.22. The van der Waals surface area contributed by atoms with Crippen LogP contribution in [0.2, 0.25) is 0 Å². The molecule has 1 fully saturated rings. The standard InChI is InChI=1S/C12H23N3O2/c1-9-5-4-6-15(8-9)11(17)14-12(2,3)7-10(13)16/h9H,4-8H2,1-3H3,(H2,13,16)(H,14,17). The molecule has 1 saturated heterocycles. The molecule has 0 bridgehead atoms. The van der Waals surface area contributed by atoms with Crippen LogP contribution in [0.15, 0.2) is 0 Å². The lowest BCUT2D eigenvalue weighted by atomic mass is 9.99. The Balaban J connectivity index is 2.50. The van der Waals surface area contributed by atoms with E-state index in [9.17, 15) is 9.59 Å². The summed E-state index contributed by atoms with van der Waals surface area (Å²) in [5.74, 6) is 0.149. The van der Waals surface area contributed by atoms with Crippen molar-refractivity contribution >= 4 is 11.9 Å². The van der Waals surface area contributed by atoms with Gasteiger partial charge in [0.2, 0.25) is 5.91 Å². The highest BCUT2D eigenvalue weighted by Crippen LogP contribution is 2.16. The summed E-state index contributed by atoms with van der Waals surface area (Å²) < 4.78 is 0. The molecule has 0 saturated carbocycles. The number of rotatable bonds is 3. The Kier molecular flexibility index (Phi) is 4.37. The van der Waals surface area contributed by atoms with Crippen molar-refractivity contribution < 1.29 is 9.59 Å². The molecule has 3 amide bonds. The van der Waals surface area contributed by atoms with Gasteiger partial charge in [-0.2, -0.15) is 0 Å². The average Bonchev–Trinajstić information content (AvgIpc) is 2.14. The molecule has 0 aliphatic carbocycles. The number of hydrogen-bond acceptors (Lipinski definition) is 2. The summed E-state index contributed by atoms with van der Waals surface area (Å²) in [6.45, 7) is 7.35. The summed E-state index contributed by atoms with van der Waals surface area (Å²) in [6, 6.07) is -0.0946. The predicted octanol–water partition coefficient (Wildman–Crippen LogP) is 1.08. The van der Waals surface area contributed by atoms with E-state index in [1.807, 2.05) is 18.7 Å². The van der Waals surface area contributed by atoms with E-state index in [-0.39, 0.29) is 12.5 Å². The largest absolute Gasteiger partial charge is 0.370 e. The summed E-state index contributed by atoms with van der Waals surface area (Å²) in [6.07, 6.45) is 2.38. The first kappa shape index (κ1) is 13.8. The molecular weight excluding hydrogens is 218 g/mol. The van der Waals surface area contributed by atoms with Gasteiger partial charge in [0.15, 0.2) is 0 Å². The second-order valence-electron chi connectivity index (χ2n) is 5.65. The van der Waals surface area contributed by atoms with E-state index in [4.69, 9.17) is 5.73 Å². The molecule has 1 aliphatic rings. The molecule has 0 aromatic rings. The first-order valence-electron chi connectivity index (χ1n) is 6.15. The summed E-state index contributed by atoms with van der Waals surface area (Å²) in [7, 11) is 0. The number of piperidine rings is 1. The summed E-state index contributed by atoms with van der Waals surface area (Å²) in [5, 5.41) is 2.86. The smallest absolute Gasteiger partial charge is 0.317 e. The molecule has 1 unspecified atom stereocenters. The first-order valence-corrected chi connectivity index (χ1v) is 6.15. The molecular formula is C12H23N3O2. The molecule has 1 heterocycles. The van der Waals surface area contributed by atoms with E-state index in [0.717, 1.165) is 19.5 Å². The van der Waals surface area contributed by atoms with Gasteiger partial charge in [0.05, 0.1) is 0 Å². The number of nitrogens with two attached hydrogens (primary N) is 1. The number of nitrogens with zero attached hydrogens (tertiary/aromatic N) is 1. The van der Waals surface area contributed by atoms with E-state index in [1.54, 1.807) is 0 Å². The topological polar surface area (TPSA) is 75.4 Å². The number of likely N-dealkylation sites (tertiary alicyclic amines) is 1. The van der Waals surface area contributed by atoms with Crippen LogP contribution in [0.4, 0.5) is 4.79 Å². The van der Waals surface area contributed by atoms with Crippen molar-refractivity contribution in [3.63, 3.8) is 0 Å². The fourth-order valence-electron chi connectivity index (χ4n) is 2.22. The van der Waals surface area contributed by atoms with E-state index < -0.39 is 11.4 Å². The number of primary amides is 1. The van der Waals surface area contributed by atoms with Crippen LogP contribution >= 0.6 is 0 Å². The Morgan fingerprint density at radius 2 is 2.12 bits per heavy atom. The van der Waals surface area contributed by atoms with Gasteiger partial charge in [-0.25, -0.2) is 4.79 Å². The van der Waals surface area contributed by atoms with Crippen molar-refractivity contribution in [2.24, 2.45) is 11.7 Å². The van der Waals surface area contributed by atoms with Gasteiger partial charge in [0.25, 0.3) is 0 Å². The Bertz CT molecular complexity index is 302. The fraction of sp³-hybridized carbons (Fsp3) is 0.833. The Morgan fingerprint density at radius 1 is 1.47 bits per heavy atom. The average molecular weight is 241 g/mol. The number of carbonyl (C=O) groups excluding carboxylic acids is 2. The third kappa shape index (κ3) is 4.63. The summed E-state index contributed by atoms with van der Waals surface area (Å²) in [4.78, 5) is 24.7. The normalized spacial score (nSPS) is 21.1. The molecule has 0 aromatic carbocycles. The lowest BCUT2D eigenvalue weighted by Gasteiger charge is -2.34. The highest BCUT2D eigenvalue weighted by Gasteiger charge is 2.27. The van der Waals surface area contributed by atoms with Crippen molar-refractivity contribution in [1.82, 2.24) is 10.2 Å². The third-order valence-electron chi connectivity index (χ3n) is 3.01. The van der Waals surface area contributed by atoms with Crippen LogP contribution in [0.5, 0.6) is 0 Å². The molecule has 1 rings (SSSR count). The number of hydrogen-bond donors (Lipinski definition) is 2. The molecule has 0 spiro atoms. The quantitative estimate of drug-likeness (QED) is 0.776. The maximum Gasteiger partial charge on any atom is 0.317 e. The minimum absolute atomic E-state index is 0.0946. The molecule has 0 radical (unpaired) electrons. The van der Waals surface area contributed by atoms with Gasteiger partial charge in [0, 0.05) is 25.0 Å². The maximum absolute atomic E-state index is 12.0. The van der Waals surface area contributed by atoms with Gasteiger partial charge in [-0.3, -0.25) is 4.79 Å². The Morgan fingerprint density at radius 3 is 2.65 bits per heavy atom. The van der Waals surface area contributed by atoms with E-state index >= 15 is 0 Å². The van der Waals surface area contributed by atoms with Crippen LogP contribution < -0.4 is 11.1 Å². The highest BCUT2D eigenvalue weighted by atomic mass is 16.2. The van der Waals surface area contributed by atoms with Crippen LogP contribution in [0.1, 0.15) is 40.0 Å². The molecule has 5 heteroatoms. The van der Waals surface area contributed by atoms with Crippen LogP contribution in [0.25, 0.3) is 0 Å². The zero-order valence-electron chi connectivity index (χ0n) is 11.0. The first-order chi connectivity index (χ1) is 7.80. The zero-order valence-corrected chi connectivity index (χ0v) is 11.0.